The molecule has 1 aliphatic rings. The van der Waals surface area contributed by atoms with Gasteiger partial charge < -0.3 is 19.4 Å². The third-order valence-electron chi connectivity index (χ3n) is 4.54. The first-order chi connectivity index (χ1) is 12.5. The average molecular weight is 377 g/mol. The van der Waals surface area contributed by atoms with E-state index in [4.69, 9.17) is 20.8 Å². The van der Waals surface area contributed by atoms with E-state index in [1.165, 1.54) is 7.11 Å². The van der Waals surface area contributed by atoms with Crippen LogP contribution in [0.2, 0.25) is 5.02 Å². The molecule has 0 aliphatic carbocycles. The molecular formula is C19H21ClN2O4. The van der Waals surface area contributed by atoms with Crippen molar-refractivity contribution in [3.05, 3.63) is 52.9 Å². The smallest absolute Gasteiger partial charge is 0.258 e. The molecule has 1 N–H and O–H groups in total. The van der Waals surface area contributed by atoms with Crippen molar-refractivity contribution < 1.29 is 18.7 Å². The fourth-order valence-electron chi connectivity index (χ4n) is 3.20. The van der Waals surface area contributed by atoms with Crippen LogP contribution in [0.4, 0.5) is 0 Å². The van der Waals surface area contributed by atoms with Crippen molar-refractivity contribution in [1.82, 2.24) is 10.2 Å². The molecule has 1 saturated heterocycles. The summed E-state index contributed by atoms with van der Waals surface area (Å²) < 4.78 is 10.6. The number of halogens is 1. The van der Waals surface area contributed by atoms with Crippen LogP contribution in [-0.4, -0.2) is 36.4 Å². The van der Waals surface area contributed by atoms with Crippen LogP contribution >= 0.6 is 11.6 Å². The zero-order chi connectivity index (χ0) is 18.7. The van der Waals surface area contributed by atoms with Crippen molar-refractivity contribution in [1.29, 1.82) is 0 Å². The first kappa shape index (κ1) is 18.3. The molecular weight excluding hydrogens is 356 g/mol. The van der Waals surface area contributed by atoms with E-state index in [2.05, 4.69) is 5.32 Å². The van der Waals surface area contributed by atoms with Crippen molar-refractivity contribution in [3.8, 4) is 5.75 Å². The van der Waals surface area contributed by atoms with Gasteiger partial charge in [0, 0.05) is 11.6 Å². The molecule has 1 aliphatic heterocycles. The van der Waals surface area contributed by atoms with E-state index < -0.39 is 6.04 Å². The number of carbonyl (C=O) groups is 2. The van der Waals surface area contributed by atoms with Gasteiger partial charge in [-0.15, -0.1) is 0 Å². The molecule has 3 rings (SSSR count). The maximum atomic E-state index is 13.0. The number of amides is 2. The van der Waals surface area contributed by atoms with Crippen molar-refractivity contribution >= 4 is 23.4 Å². The Labute approximate surface area is 157 Å². The quantitative estimate of drug-likeness (QED) is 0.867. The lowest BCUT2D eigenvalue weighted by Gasteiger charge is -2.26. The van der Waals surface area contributed by atoms with Crippen LogP contribution in [0.5, 0.6) is 5.75 Å². The van der Waals surface area contributed by atoms with E-state index >= 15 is 0 Å². The summed E-state index contributed by atoms with van der Waals surface area (Å²) in [6.07, 6.45) is 2.95. The van der Waals surface area contributed by atoms with Gasteiger partial charge in [-0.25, -0.2) is 0 Å². The summed E-state index contributed by atoms with van der Waals surface area (Å²) in [5, 5.41) is 3.36. The molecule has 0 radical (unpaired) electrons. The number of hydrogen-bond acceptors (Lipinski definition) is 4. The standard InChI is InChI=1S/C19H21ClN2O4/c1-12(16-6-4-10-26-16)21-18(23)15-5-3-9-22(15)19(24)14-11-13(20)7-8-17(14)25-2/h4,6-8,10-12,15H,3,5,9H2,1-2H3,(H,21,23). The van der Waals surface area contributed by atoms with Crippen LogP contribution in [0.25, 0.3) is 0 Å². The van der Waals surface area contributed by atoms with Gasteiger partial charge in [0.05, 0.1) is 25.0 Å². The van der Waals surface area contributed by atoms with Crippen molar-refractivity contribution in [2.75, 3.05) is 13.7 Å². The van der Waals surface area contributed by atoms with E-state index in [0.29, 0.717) is 35.1 Å². The predicted octanol–water partition coefficient (Wildman–Crippen LogP) is 3.42. The summed E-state index contributed by atoms with van der Waals surface area (Å²) >= 11 is 6.03. The molecule has 2 atom stereocenters. The van der Waals surface area contributed by atoms with Crippen LogP contribution in [-0.2, 0) is 4.79 Å². The number of carbonyl (C=O) groups excluding carboxylic acids is 2. The molecule has 2 unspecified atom stereocenters. The molecule has 1 fully saturated rings. The minimum absolute atomic E-state index is 0.194. The lowest BCUT2D eigenvalue weighted by atomic mass is 10.1. The van der Waals surface area contributed by atoms with Crippen molar-refractivity contribution in [2.45, 2.75) is 31.8 Å². The van der Waals surface area contributed by atoms with Crippen molar-refractivity contribution in [2.24, 2.45) is 0 Å². The molecule has 7 heteroatoms. The van der Waals surface area contributed by atoms with Crippen LogP contribution in [0.15, 0.2) is 41.0 Å². The first-order valence-corrected chi connectivity index (χ1v) is 8.87. The Hall–Kier alpha value is -2.47. The summed E-state index contributed by atoms with van der Waals surface area (Å²) in [4.78, 5) is 27.3. The maximum Gasteiger partial charge on any atom is 0.258 e. The van der Waals surface area contributed by atoms with Crippen molar-refractivity contribution in [3.63, 3.8) is 0 Å². The van der Waals surface area contributed by atoms with Gasteiger partial charge in [0.1, 0.15) is 17.6 Å². The van der Waals surface area contributed by atoms with Crippen LogP contribution in [0.1, 0.15) is 41.9 Å². The highest BCUT2D eigenvalue weighted by Gasteiger charge is 2.36. The third kappa shape index (κ3) is 3.70. The van der Waals surface area contributed by atoms with Crippen LogP contribution in [0.3, 0.4) is 0 Å². The second-order valence-electron chi connectivity index (χ2n) is 6.25. The summed E-state index contributed by atoms with van der Waals surface area (Å²) in [7, 11) is 1.50. The average Bonchev–Trinajstić information content (AvgIpc) is 3.32. The number of likely N-dealkylation sites (tertiary alicyclic amines) is 1. The number of nitrogens with zero attached hydrogens (tertiary/aromatic N) is 1. The maximum absolute atomic E-state index is 13.0. The highest BCUT2D eigenvalue weighted by Crippen LogP contribution is 2.28. The monoisotopic (exact) mass is 376 g/mol. The fourth-order valence-corrected chi connectivity index (χ4v) is 3.37. The third-order valence-corrected chi connectivity index (χ3v) is 4.77. The topological polar surface area (TPSA) is 71.8 Å². The minimum Gasteiger partial charge on any atom is -0.496 e. The molecule has 2 heterocycles. The highest BCUT2D eigenvalue weighted by molar-refractivity contribution is 6.31. The van der Waals surface area contributed by atoms with E-state index in [1.807, 2.05) is 6.92 Å². The summed E-state index contributed by atoms with van der Waals surface area (Å²) in [5.74, 6) is 0.661. The van der Waals surface area contributed by atoms with E-state index in [-0.39, 0.29) is 17.9 Å². The van der Waals surface area contributed by atoms with Gasteiger partial charge in [0.15, 0.2) is 0 Å². The Balaban J connectivity index is 1.76. The SMILES string of the molecule is COc1ccc(Cl)cc1C(=O)N1CCCC1C(=O)NC(C)c1ccco1. The summed E-state index contributed by atoms with van der Waals surface area (Å²) in [5.41, 5.74) is 0.360. The van der Waals surface area contributed by atoms with Gasteiger partial charge in [-0.1, -0.05) is 11.6 Å². The number of methoxy groups -OCH3 is 1. The summed E-state index contributed by atoms with van der Waals surface area (Å²) in [6.45, 7) is 2.36. The predicted molar refractivity (Wildman–Crippen MR) is 97.3 cm³/mol. The molecule has 6 nitrogen and oxygen atoms in total. The molecule has 1 aromatic heterocycles. The largest absolute Gasteiger partial charge is 0.496 e. The Kier molecular flexibility index (Phi) is 5.52. The van der Waals surface area contributed by atoms with Gasteiger partial charge in [-0.3, -0.25) is 9.59 Å². The summed E-state index contributed by atoms with van der Waals surface area (Å²) in [6, 6.07) is 7.67. The van der Waals surface area contributed by atoms with E-state index in [0.717, 1.165) is 6.42 Å². The molecule has 138 valence electrons. The molecule has 2 aromatic rings. The molecule has 2 amide bonds. The highest BCUT2D eigenvalue weighted by atomic mass is 35.5. The van der Waals surface area contributed by atoms with E-state index in [1.54, 1.807) is 41.5 Å². The molecule has 26 heavy (non-hydrogen) atoms. The Morgan fingerprint density at radius 2 is 2.19 bits per heavy atom. The number of nitrogens with one attached hydrogen (secondary N) is 1. The second-order valence-corrected chi connectivity index (χ2v) is 6.68. The van der Waals surface area contributed by atoms with Crippen LogP contribution in [0, 0.1) is 0 Å². The Morgan fingerprint density at radius 3 is 2.88 bits per heavy atom. The second kappa shape index (κ2) is 7.83. The number of rotatable bonds is 5. The molecule has 0 saturated carbocycles. The lowest BCUT2D eigenvalue weighted by Crippen LogP contribution is -2.46. The molecule has 1 aromatic carbocycles. The minimum atomic E-state index is -0.524. The lowest BCUT2D eigenvalue weighted by molar-refractivity contribution is -0.125. The van der Waals surface area contributed by atoms with Gasteiger partial charge in [0.2, 0.25) is 5.91 Å². The van der Waals surface area contributed by atoms with Gasteiger partial charge >= 0.3 is 0 Å². The van der Waals surface area contributed by atoms with E-state index in [9.17, 15) is 9.59 Å². The number of benzene rings is 1. The first-order valence-electron chi connectivity index (χ1n) is 8.49. The zero-order valence-corrected chi connectivity index (χ0v) is 15.5. The Bertz CT molecular complexity index is 791. The molecule has 0 bridgehead atoms. The number of hydrogen-bond donors (Lipinski definition) is 1. The normalized spacial score (nSPS) is 17.8. The zero-order valence-electron chi connectivity index (χ0n) is 14.7. The van der Waals surface area contributed by atoms with Gasteiger partial charge in [0.25, 0.3) is 5.91 Å². The van der Waals surface area contributed by atoms with Gasteiger partial charge in [-0.05, 0) is 50.1 Å². The number of ether oxygens (including phenoxy) is 1. The molecule has 0 spiro atoms. The fraction of sp³-hybridized carbons (Fsp3) is 0.368. The van der Waals surface area contributed by atoms with Crippen LogP contribution < -0.4 is 10.1 Å². The number of furan rings is 1. The van der Waals surface area contributed by atoms with Gasteiger partial charge in [-0.2, -0.15) is 0 Å². The Morgan fingerprint density at radius 1 is 1.38 bits per heavy atom.